The number of aromatic amines is 1. The Labute approximate surface area is 267 Å². The molecule has 5 aliphatic carbocycles. The maximum absolute atomic E-state index is 14.9. The highest BCUT2D eigenvalue weighted by Gasteiger charge is 2.61. The summed E-state index contributed by atoms with van der Waals surface area (Å²) >= 11 is 0. The van der Waals surface area contributed by atoms with Gasteiger partial charge in [-0.25, -0.2) is 0 Å². The van der Waals surface area contributed by atoms with E-state index in [4.69, 9.17) is 4.42 Å². The van der Waals surface area contributed by atoms with Crippen LogP contribution in [-0.4, -0.2) is 57.8 Å². The molecule has 1 aromatic carbocycles. The van der Waals surface area contributed by atoms with E-state index in [-0.39, 0.29) is 34.6 Å². The average molecular weight is 611 g/mol. The lowest BCUT2D eigenvalue weighted by Gasteiger charge is -2.58. The molecule has 1 aliphatic heterocycles. The number of amides is 2. The van der Waals surface area contributed by atoms with Crippen molar-refractivity contribution in [2.24, 2.45) is 29.1 Å². The molecule has 3 heterocycles. The number of nitrogens with one attached hydrogen (secondary N) is 2. The summed E-state index contributed by atoms with van der Waals surface area (Å²) in [6.45, 7) is 8.68. The third-order valence-electron chi connectivity index (χ3n) is 13.1. The summed E-state index contributed by atoms with van der Waals surface area (Å²) in [7, 11) is 2.13. The topological polar surface area (TPSA) is 81.6 Å². The number of hydrogen-bond acceptors (Lipinski definition) is 4. The Morgan fingerprint density at radius 1 is 1.00 bits per heavy atom. The molecule has 6 aliphatic rings. The molecule has 4 bridgehead atoms. The molecular formula is C38H50N4O3. The molecule has 3 aromatic rings. The fourth-order valence-corrected chi connectivity index (χ4v) is 11.0. The molecular weight excluding hydrogens is 560 g/mol. The number of piperidine rings is 1. The molecule has 5 saturated carbocycles. The maximum atomic E-state index is 14.9. The Bertz CT molecular complexity index is 1560. The van der Waals surface area contributed by atoms with Gasteiger partial charge in [0.25, 0.3) is 0 Å². The van der Waals surface area contributed by atoms with Gasteiger partial charge in [0.05, 0.1) is 12.8 Å². The van der Waals surface area contributed by atoms with Crippen LogP contribution in [-0.2, 0) is 16.1 Å². The molecule has 2 aromatic heterocycles. The number of H-pyrrole nitrogens is 1. The molecule has 0 spiro atoms. The van der Waals surface area contributed by atoms with Gasteiger partial charge in [-0.1, -0.05) is 32.0 Å². The van der Waals surface area contributed by atoms with Gasteiger partial charge in [-0.05, 0) is 124 Å². The van der Waals surface area contributed by atoms with Crippen molar-refractivity contribution in [2.45, 2.75) is 102 Å². The first-order valence-corrected chi connectivity index (χ1v) is 17.5. The van der Waals surface area contributed by atoms with Gasteiger partial charge >= 0.3 is 0 Å². The number of hydrogen-bond donors (Lipinski definition) is 2. The first-order chi connectivity index (χ1) is 21.6. The van der Waals surface area contributed by atoms with Gasteiger partial charge in [0.2, 0.25) is 11.8 Å². The van der Waals surface area contributed by atoms with Gasteiger partial charge in [-0.2, -0.15) is 0 Å². The number of aromatic nitrogens is 1. The molecule has 2 atom stereocenters. The number of para-hydroxylation sites is 1. The van der Waals surface area contributed by atoms with Crippen LogP contribution >= 0.6 is 0 Å². The van der Waals surface area contributed by atoms with E-state index in [0.717, 1.165) is 61.4 Å². The number of furan rings is 1. The van der Waals surface area contributed by atoms with Crippen LogP contribution < -0.4 is 5.32 Å². The fourth-order valence-electron chi connectivity index (χ4n) is 11.0. The van der Waals surface area contributed by atoms with E-state index in [9.17, 15) is 9.59 Å². The van der Waals surface area contributed by atoms with Crippen molar-refractivity contribution in [3.05, 3.63) is 59.7 Å². The monoisotopic (exact) mass is 610 g/mol. The molecule has 2 unspecified atom stereocenters. The summed E-state index contributed by atoms with van der Waals surface area (Å²) in [4.78, 5) is 37.6. The quantitative estimate of drug-likeness (QED) is 0.295. The van der Waals surface area contributed by atoms with Crippen molar-refractivity contribution in [3.63, 3.8) is 0 Å². The lowest BCUT2D eigenvalue weighted by atomic mass is 9.53. The van der Waals surface area contributed by atoms with Crippen LogP contribution in [0.15, 0.2) is 47.1 Å². The summed E-state index contributed by atoms with van der Waals surface area (Å²) in [6, 6.07) is 12.3. The second-order valence-electron chi connectivity index (χ2n) is 16.4. The van der Waals surface area contributed by atoms with E-state index in [0.29, 0.717) is 25.8 Å². The summed E-state index contributed by atoms with van der Waals surface area (Å²) < 4.78 is 5.85. The number of benzene rings is 1. The first kappa shape index (κ1) is 29.3. The number of carbonyl (C=O) groups excluding carboxylic acids is 2. The SMILES string of the molecule is Cc1[nH]c2ccccc2c1C1C(CC(=O)N(Cc2ccco2)C2(C(=O)NC34CC5CC(CC(C5)C3)C4)CCN(C)CC2)C1(C)C. The van der Waals surface area contributed by atoms with Crippen LogP contribution in [0.25, 0.3) is 10.9 Å². The number of nitrogens with zero attached hydrogens (tertiary/aromatic N) is 2. The molecule has 0 radical (unpaired) electrons. The Hall–Kier alpha value is -3.06. The smallest absolute Gasteiger partial charge is 0.246 e. The van der Waals surface area contributed by atoms with E-state index in [1.54, 1.807) is 6.26 Å². The molecule has 45 heavy (non-hydrogen) atoms. The van der Waals surface area contributed by atoms with Crippen molar-refractivity contribution in [3.8, 4) is 0 Å². The van der Waals surface area contributed by atoms with Gasteiger partial charge in [-0.15, -0.1) is 0 Å². The van der Waals surface area contributed by atoms with Crippen LogP contribution in [0.4, 0.5) is 0 Å². The van der Waals surface area contributed by atoms with Crippen molar-refractivity contribution >= 4 is 22.7 Å². The molecule has 2 N–H and O–H groups in total. The molecule has 1 saturated heterocycles. The fraction of sp³-hybridized carbons (Fsp3) is 0.632. The van der Waals surface area contributed by atoms with Gasteiger partial charge in [-0.3, -0.25) is 9.59 Å². The predicted molar refractivity (Wildman–Crippen MR) is 175 cm³/mol. The van der Waals surface area contributed by atoms with Crippen LogP contribution in [0.2, 0.25) is 0 Å². The zero-order valence-corrected chi connectivity index (χ0v) is 27.5. The van der Waals surface area contributed by atoms with Crippen molar-refractivity contribution in [2.75, 3.05) is 20.1 Å². The van der Waals surface area contributed by atoms with Gasteiger partial charge in [0.1, 0.15) is 11.3 Å². The van der Waals surface area contributed by atoms with Crippen LogP contribution in [0.5, 0.6) is 0 Å². The first-order valence-electron chi connectivity index (χ1n) is 17.5. The van der Waals surface area contributed by atoms with E-state index in [2.05, 4.69) is 67.3 Å². The van der Waals surface area contributed by atoms with Gasteiger partial charge in [0, 0.05) is 41.6 Å². The number of likely N-dealkylation sites (tertiary alicyclic amines) is 1. The zero-order chi connectivity index (χ0) is 31.1. The zero-order valence-electron chi connectivity index (χ0n) is 27.5. The molecule has 9 rings (SSSR count). The summed E-state index contributed by atoms with van der Waals surface area (Å²) in [5.41, 5.74) is 2.70. The van der Waals surface area contributed by atoms with Crippen LogP contribution in [0.3, 0.4) is 0 Å². The number of carbonyl (C=O) groups is 2. The normalized spacial score (nSPS) is 32.9. The second kappa shape index (κ2) is 10.5. The largest absolute Gasteiger partial charge is 0.467 e. The standard InChI is InChI=1S/C38H50N4O3/c1-24-33(29-9-5-6-10-31(29)39-24)34-30(36(34,2)3)19-32(43)42(23-28-8-7-15-45-28)38(11-13-41(4)14-12-38)35(44)40-37-20-25-16-26(21-37)18-27(17-25)22-37/h5-10,15,25-27,30,34,39H,11-14,16-23H2,1-4H3,(H,40,44). The maximum Gasteiger partial charge on any atom is 0.246 e. The van der Waals surface area contributed by atoms with Crippen LogP contribution in [0, 0.1) is 36.0 Å². The Balaban J connectivity index is 1.11. The number of fused-ring (bicyclic) bond motifs is 1. The van der Waals surface area contributed by atoms with Gasteiger partial charge < -0.3 is 24.5 Å². The third kappa shape index (κ3) is 4.87. The van der Waals surface area contributed by atoms with Crippen molar-refractivity contribution in [1.29, 1.82) is 0 Å². The highest BCUT2D eigenvalue weighted by atomic mass is 16.3. The van der Waals surface area contributed by atoms with E-state index in [1.165, 1.54) is 35.9 Å². The summed E-state index contributed by atoms with van der Waals surface area (Å²) in [5.74, 6) is 3.62. The second-order valence-corrected chi connectivity index (χ2v) is 16.4. The molecule has 2 amide bonds. The average Bonchev–Trinajstić information content (AvgIpc) is 3.35. The van der Waals surface area contributed by atoms with Crippen molar-refractivity contribution < 1.29 is 14.0 Å². The molecule has 6 fully saturated rings. The minimum atomic E-state index is -0.884. The van der Waals surface area contributed by atoms with E-state index < -0.39 is 5.54 Å². The highest BCUT2D eigenvalue weighted by Crippen LogP contribution is 2.67. The van der Waals surface area contributed by atoms with Crippen molar-refractivity contribution in [1.82, 2.24) is 20.1 Å². The van der Waals surface area contributed by atoms with Gasteiger partial charge in [0.15, 0.2) is 0 Å². The summed E-state index contributed by atoms with van der Waals surface area (Å²) in [5, 5.41) is 4.98. The Morgan fingerprint density at radius 3 is 2.31 bits per heavy atom. The minimum absolute atomic E-state index is 0.0108. The minimum Gasteiger partial charge on any atom is -0.467 e. The predicted octanol–water partition coefficient (Wildman–Crippen LogP) is 6.78. The Kier molecular flexibility index (Phi) is 6.84. The lowest BCUT2D eigenvalue weighted by molar-refractivity contribution is -0.156. The Morgan fingerprint density at radius 2 is 1.67 bits per heavy atom. The van der Waals surface area contributed by atoms with Crippen LogP contribution in [0.1, 0.15) is 94.6 Å². The third-order valence-corrected chi connectivity index (χ3v) is 13.1. The lowest BCUT2D eigenvalue weighted by Crippen LogP contribution is -2.69. The van der Waals surface area contributed by atoms with E-state index in [1.807, 2.05) is 17.0 Å². The molecule has 7 nitrogen and oxygen atoms in total. The summed E-state index contributed by atoms with van der Waals surface area (Å²) in [6.07, 6.45) is 10.7. The number of aryl methyl sites for hydroxylation is 1. The molecule has 7 heteroatoms. The van der Waals surface area contributed by atoms with E-state index >= 15 is 0 Å². The number of rotatable bonds is 8. The molecule has 240 valence electrons. The highest BCUT2D eigenvalue weighted by molar-refractivity contribution is 5.93.